The summed E-state index contributed by atoms with van der Waals surface area (Å²) in [4.78, 5) is 3.74. The second-order valence-electron chi connectivity index (χ2n) is 0.781. The first-order valence-corrected chi connectivity index (χ1v) is 2.76. The Morgan fingerprint density at radius 2 is 2.10 bits per heavy atom. The van der Waals surface area contributed by atoms with E-state index in [1.807, 2.05) is 5.38 Å². The number of rotatable bonds is 0. The molecule has 0 saturated heterocycles. The molecular formula is C3H6BNNaO3S. The van der Waals surface area contributed by atoms with Crippen molar-refractivity contribution in [2.75, 3.05) is 0 Å². The molecule has 0 bridgehead atoms. The van der Waals surface area contributed by atoms with E-state index in [4.69, 9.17) is 10.0 Å². The van der Waals surface area contributed by atoms with Crippen molar-refractivity contribution in [3.63, 3.8) is 0 Å². The van der Waals surface area contributed by atoms with Crippen molar-refractivity contribution in [2.24, 2.45) is 0 Å². The summed E-state index contributed by atoms with van der Waals surface area (Å²) in [7, 11) is -0.250. The van der Waals surface area contributed by atoms with Gasteiger partial charge in [-0.25, -0.2) is 0 Å². The zero-order valence-electron chi connectivity index (χ0n) is 5.52. The molecule has 0 amide bonds. The summed E-state index contributed by atoms with van der Waals surface area (Å²) in [6.45, 7) is 0. The van der Waals surface area contributed by atoms with Gasteiger partial charge in [0, 0.05) is 11.6 Å². The van der Waals surface area contributed by atoms with Gasteiger partial charge < -0.3 is 15.5 Å². The smallest absolute Gasteiger partial charge is 0.861 e. The first-order chi connectivity index (χ1) is 3.91. The fraction of sp³-hybridized carbons (Fsp3) is 0. The third kappa shape index (κ3) is 15.8. The topological polar surface area (TPSA) is 87.7 Å². The third-order valence-electron chi connectivity index (χ3n) is 0.347. The quantitative estimate of drug-likeness (QED) is 0.396. The van der Waals surface area contributed by atoms with Gasteiger partial charge in [0.15, 0.2) is 7.69 Å². The minimum atomic E-state index is -0.250. The Morgan fingerprint density at radius 1 is 1.60 bits per heavy atom. The van der Waals surface area contributed by atoms with Crippen LogP contribution in [-0.2, 0) is 0 Å². The molecule has 0 aliphatic heterocycles. The van der Waals surface area contributed by atoms with Crippen LogP contribution in [-0.4, -0.2) is 23.2 Å². The molecular weight excluding hydrogens is 164 g/mol. The Labute approximate surface area is 85.8 Å². The molecule has 0 fully saturated rings. The molecule has 0 unspecified atom stereocenters. The van der Waals surface area contributed by atoms with Gasteiger partial charge in [0.05, 0.1) is 5.51 Å². The summed E-state index contributed by atoms with van der Waals surface area (Å²) in [5, 5.41) is 17.2. The van der Waals surface area contributed by atoms with Crippen LogP contribution in [0.3, 0.4) is 0 Å². The zero-order chi connectivity index (χ0) is 6.24. The fourth-order valence-corrected chi connectivity index (χ4v) is 0.527. The summed E-state index contributed by atoms with van der Waals surface area (Å²) in [5.41, 5.74) is 1.79. The molecule has 51 valence electrons. The number of hydrogen-bond acceptors (Lipinski definition) is 4. The van der Waals surface area contributed by atoms with Gasteiger partial charge in [0.1, 0.15) is 0 Å². The van der Waals surface area contributed by atoms with Crippen molar-refractivity contribution in [1.82, 2.24) is 4.98 Å². The minimum absolute atomic E-state index is 0. The summed E-state index contributed by atoms with van der Waals surface area (Å²) in [6, 6.07) is 0. The fourth-order valence-electron chi connectivity index (χ4n) is 0.176. The van der Waals surface area contributed by atoms with Crippen LogP contribution in [0.5, 0.6) is 0 Å². The first kappa shape index (κ1) is 16.9. The number of aromatic nitrogens is 1. The second kappa shape index (κ2) is 16.3. The van der Waals surface area contributed by atoms with Crippen LogP contribution in [0.2, 0.25) is 0 Å². The molecule has 1 rings (SSSR count). The van der Waals surface area contributed by atoms with Gasteiger partial charge >= 0.3 is 29.6 Å². The molecule has 0 aliphatic rings. The Balaban J connectivity index is -0.0000000900. The van der Waals surface area contributed by atoms with Crippen molar-refractivity contribution in [3.8, 4) is 0 Å². The van der Waals surface area contributed by atoms with E-state index >= 15 is 0 Å². The van der Waals surface area contributed by atoms with Crippen molar-refractivity contribution in [3.05, 3.63) is 17.1 Å². The monoisotopic (exact) mass is 170 g/mol. The average Bonchev–Trinajstić information content (AvgIpc) is 2.17. The van der Waals surface area contributed by atoms with E-state index in [0.29, 0.717) is 0 Å². The summed E-state index contributed by atoms with van der Waals surface area (Å²) >= 11 is 1.60. The van der Waals surface area contributed by atoms with Gasteiger partial charge in [-0.1, -0.05) is 0 Å². The van der Waals surface area contributed by atoms with Gasteiger partial charge in [-0.2, -0.15) is 0 Å². The van der Waals surface area contributed by atoms with Crippen LogP contribution in [0, 0.1) is 0 Å². The Bertz CT molecular complexity index is 90.6. The van der Waals surface area contributed by atoms with Gasteiger partial charge in [-0.15, -0.1) is 11.3 Å². The number of thiazole rings is 1. The predicted octanol–water partition coefficient (Wildman–Crippen LogP) is -4.80. The molecule has 1 aromatic heterocycles. The third-order valence-corrected chi connectivity index (χ3v) is 0.869. The molecule has 7 heteroatoms. The number of nitrogens with zero attached hydrogens (tertiary/aromatic N) is 1. The first-order valence-electron chi connectivity index (χ1n) is 1.82. The van der Waals surface area contributed by atoms with E-state index in [-0.39, 0.29) is 42.7 Å². The van der Waals surface area contributed by atoms with Gasteiger partial charge in [0.2, 0.25) is 0 Å². The molecule has 1 heterocycles. The Kier molecular flexibility index (Phi) is 27.5. The molecule has 0 atom stereocenters. The molecule has 0 saturated carbocycles. The van der Waals surface area contributed by atoms with Crippen LogP contribution >= 0.6 is 11.3 Å². The van der Waals surface area contributed by atoms with Crippen molar-refractivity contribution < 1.29 is 45.1 Å². The van der Waals surface area contributed by atoms with E-state index in [2.05, 4.69) is 4.98 Å². The summed E-state index contributed by atoms with van der Waals surface area (Å²) in [5.74, 6) is 0. The molecule has 0 spiro atoms. The second-order valence-corrected chi connectivity index (χ2v) is 1.54. The van der Waals surface area contributed by atoms with E-state index in [1.165, 1.54) is 0 Å². The largest absolute Gasteiger partial charge is 1.00 e. The van der Waals surface area contributed by atoms with Crippen molar-refractivity contribution in [2.45, 2.75) is 0 Å². The maximum atomic E-state index is 8.36. The van der Waals surface area contributed by atoms with Gasteiger partial charge in [-0.05, 0) is 0 Å². The molecule has 0 aromatic carbocycles. The van der Waals surface area contributed by atoms with E-state index in [9.17, 15) is 0 Å². The minimum Gasteiger partial charge on any atom is -0.861 e. The number of hydrogen-bond donors (Lipinski definition) is 1. The molecule has 0 aliphatic carbocycles. The predicted molar refractivity (Wildman–Crippen MR) is 33.7 cm³/mol. The zero-order valence-corrected chi connectivity index (χ0v) is 8.34. The van der Waals surface area contributed by atoms with Crippen LogP contribution < -0.4 is 34.6 Å². The van der Waals surface area contributed by atoms with E-state index in [1.54, 1.807) is 23.0 Å². The average molecular weight is 170 g/mol. The van der Waals surface area contributed by atoms with E-state index in [0.717, 1.165) is 0 Å². The molecule has 4 nitrogen and oxygen atoms in total. The van der Waals surface area contributed by atoms with Gasteiger partial charge in [-0.3, -0.25) is 4.98 Å². The SMILES string of the molecule is O.[Na+].[O-][B]O.c1cscn1. The molecule has 1 radical (unpaired) electrons. The molecule has 3 N–H and O–H groups in total. The summed E-state index contributed by atoms with van der Waals surface area (Å²) < 4.78 is 0. The molecule has 1 aromatic rings. The maximum Gasteiger partial charge on any atom is 1.00 e. The Hall–Kier alpha value is 0.575. The van der Waals surface area contributed by atoms with Crippen LogP contribution in [0.1, 0.15) is 0 Å². The molecule has 10 heavy (non-hydrogen) atoms. The normalized spacial score (nSPS) is 5.40. The van der Waals surface area contributed by atoms with Crippen LogP contribution in [0.15, 0.2) is 17.1 Å². The standard InChI is InChI=1S/C3H3NS.BHO2.Na.H2O/c1-2-5-3-4-1;2-1-3;;/h1-3H;2H;;1H2/q;-1;+1;. The van der Waals surface area contributed by atoms with Crippen molar-refractivity contribution >= 4 is 19.0 Å². The van der Waals surface area contributed by atoms with E-state index < -0.39 is 0 Å². The maximum absolute atomic E-state index is 8.36. The van der Waals surface area contributed by atoms with Crippen molar-refractivity contribution in [1.29, 1.82) is 0 Å². The van der Waals surface area contributed by atoms with Crippen LogP contribution in [0.4, 0.5) is 0 Å². The van der Waals surface area contributed by atoms with Gasteiger partial charge in [0.25, 0.3) is 0 Å². The van der Waals surface area contributed by atoms with Crippen LogP contribution in [0.25, 0.3) is 0 Å². The summed E-state index contributed by atoms with van der Waals surface area (Å²) in [6.07, 6.45) is 1.77. The Morgan fingerprint density at radius 3 is 2.20 bits per heavy atom.